The molecule has 0 radical (unpaired) electrons. The Kier molecular flexibility index (Phi) is 2.45. The van der Waals surface area contributed by atoms with Crippen molar-refractivity contribution in [1.82, 2.24) is 4.98 Å². The fourth-order valence-corrected chi connectivity index (χ4v) is 2.92. The number of carbonyl (C=O) groups is 1. The molecule has 0 aliphatic heterocycles. The van der Waals surface area contributed by atoms with E-state index >= 15 is 0 Å². The van der Waals surface area contributed by atoms with Gasteiger partial charge in [0.25, 0.3) is 0 Å². The molecule has 2 aliphatic rings. The molecule has 0 bridgehead atoms. The van der Waals surface area contributed by atoms with E-state index in [1.807, 2.05) is 5.38 Å². The maximum Gasteiger partial charge on any atom is 0.239 e. The van der Waals surface area contributed by atoms with E-state index in [1.165, 1.54) is 24.2 Å². The number of nitrogens with zero attached hydrogens (tertiary/aromatic N) is 1. The Morgan fingerprint density at radius 1 is 1.59 bits per heavy atom. The van der Waals surface area contributed by atoms with Crippen molar-refractivity contribution in [2.75, 3.05) is 5.32 Å². The lowest BCUT2D eigenvalue weighted by Crippen LogP contribution is -2.34. The summed E-state index contributed by atoms with van der Waals surface area (Å²) in [4.78, 5) is 16.7. The molecule has 1 aromatic rings. The minimum Gasteiger partial charge on any atom is -0.392 e. The third-order valence-electron chi connectivity index (χ3n) is 3.39. The lowest BCUT2D eigenvalue weighted by molar-refractivity contribution is -0.118. The van der Waals surface area contributed by atoms with Crippen LogP contribution in [0.15, 0.2) is 5.38 Å². The highest BCUT2D eigenvalue weighted by molar-refractivity contribution is 7.80. The van der Waals surface area contributed by atoms with Crippen molar-refractivity contribution in [2.45, 2.75) is 31.6 Å². The quantitative estimate of drug-likeness (QED) is 0.819. The summed E-state index contributed by atoms with van der Waals surface area (Å²) >= 11 is 6.42. The molecule has 0 unspecified atom stereocenters. The molecule has 1 amide bonds. The average Bonchev–Trinajstić information content (AvgIpc) is 3.18. The summed E-state index contributed by atoms with van der Waals surface area (Å²) in [6.45, 7) is 0. The van der Waals surface area contributed by atoms with Crippen molar-refractivity contribution in [3.63, 3.8) is 0 Å². The van der Waals surface area contributed by atoms with E-state index in [4.69, 9.17) is 18.0 Å². The molecule has 3 N–H and O–H groups in total. The normalized spacial score (nSPS) is 20.9. The number of nitrogens with two attached hydrogens (primary N) is 1. The Labute approximate surface area is 109 Å². The molecule has 2 fully saturated rings. The van der Waals surface area contributed by atoms with E-state index in [-0.39, 0.29) is 5.91 Å². The van der Waals surface area contributed by atoms with Crippen molar-refractivity contribution < 1.29 is 4.79 Å². The molecular weight excluding hydrogens is 254 g/mol. The summed E-state index contributed by atoms with van der Waals surface area (Å²) in [6.07, 6.45) is 3.95. The molecule has 3 rings (SSSR count). The number of amides is 1. The second kappa shape index (κ2) is 3.74. The standard InChI is InChI=1S/C11H13N3OS2/c12-8(16)11(3-4-11)9(15)14-10-13-7(5-17-10)6-1-2-6/h5-6H,1-4H2,(H2,12,16)(H,13,14,15). The molecule has 1 heterocycles. The topological polar surface area (TPSA) is 68.0 Å². The van der Waals surface area contributed by atoms with Gasteiger partial charge in [-0.3, -0.25) is 4.79 Å². The van der Waals surface area contributed by atoms with Gasteiger partial charge in [0.15, 0.2) is 5.13 Å². The molecule has 6 heteroatoms. The van der Waals surface area contributed by atoms with Crippen molar-refractivity contribution in [3.05, 3.63) is 11.1 Å². The van der Waals surface area contributed by atoms with Gasteiger partial charge in [-0.2, -0.15) is 0 Å². The number of thiazole rings is 1. The van der Waals surface area contributed by atoms with Crippen LogP contribution in [0.5, 0.6) is 0 Å². The molecule has 2 aliphatic carbocycles. The maximum atomic E-state index is 12.0. The van der Waals surface area contributed by atoms with Crippen LogP contribution in [-0.2, 0) is 4.79 Å². The van der Waals surface area contributed by atoms with E-state index in [0.29, 0.717) is 16.0 Å². The van der Waals surface area contributed by atoms with Crippen LogP contribution in [0.2, 0.25) is 0 Å². The maximum absolute atomic E-state index is 12.0. The van der Waals surface area contributed by atoms with Gasteiger partial charge in [-0.05, 0) is 25.7 Å². The smallest absolute Gasteiger partial charge is 0.239 e. The second-order valence-corrected chi connectivity index (χ2v) is 6.05. The highest BCUT2D eigenvalue weighted by atomic mass is 32.1. The first-order chi connectivity index (χ1) is 8.12. The fourth-order valence-electron chi connectivity index (χ4n) is 1.84. The number of nitrogens with one attached hydrogen (secondary N) is 1. The van der Waals surface area contributed by atoms with Gasteiger partial charge in [0, 0.05) is 11.3 Å². The van der Waals surface area contributed by atoms with E-state index in [9.17, 15) is 4.79 Å². The molecule has 0 atom stereocenters. The Bertz CT molecular complexity index is 489. The summed E-state index contributed by atoms with van der Waals surface area (Å²) in [7, 11) is 0. The van der Waals surface area contributed by atoms with Crippen molar-refractivity contribution in [1.29, 1.82) is 0 Å². The molecule has 17 heavy (non-hydrogen) atoms. The molecule has 0 saturated heterocycles. The number of hydrogen-bond acceptors (Lipinski definition) is 4. The predicted molar refractivity (Wildman–Crippen MR) is 71.2 cm³/mol. The Morgan fingerprint density at radius 2 is 2.29 bits per heavy atom. The zero-order chi connectivity index (χ0) is 12.0. The Balaban J connectivity index is 1.69. The molecule has 4 nitrogen and oxygen atoms in total. The van der Waals surface area contributed by atoms with Gasteiger partial charge in [0.05, 0.1) is 16.1 Å². The number of aromatic nitrogens is 1. The lowest BCUT2D eigenvalue weighted by Gasteiger charge is -2.11. The fraction of sp³-hybridized carbons (Fsp3) is 0.545. The zero-order valence-electron chi connectivity index (χ0n) is 9.23. The number of anilines is 1. The van der Waals surface area contributed by atoms with E-state index in [1.54, 1.807) is 0 Å². The number of carbonyl (C=O) groups excluding carboxylic acids is 1. The van der Waals surface area contributed by atoms with E-state index in [0.717, 1.165) is 18.5 Å². The Hall–Kier alpha value is -1.01. The molecule has 0 aromatic carbocycles. The van der Waals surface area contributed by atoms with Gasteiger partial charge in [-0.1, -0.05) is 12.2 Å². The molecule has 0 spiro atoms. The summed E-state index contributed by atoms with van der Waals surface area (Å²) in [6, 6.07) is 0. The van der Waals surface area contributed by atoms with Crippen molar-refractivity contribution in [2.24, 2.45) is 11.1 Å². The number of thiocarbonyl (C=S) groups is 1. The van der Waals surface area contributed by atoms with Crippen LogP contribution < -0.4 is 11.1 Å². The third kappa shape index (κ3) is 1.95. The van der Waals surface area contributed by atoms with Crippen LogP contribution in [-0.4, -0.2) is 15.9 Å². The number of rotatable bonds is 4. The molecule has 90 valence electrons. The van der Waals surface area contributed by atoms with Gasteiger partial charge >= 0.3 is 0 Å². The lowest BCUT2D eigenvalue weighted by atomic mass is 10.1. The van der Waals surface area contributed by atoms with Crippen molar-refractivity contribution in [3.8, 4) is 0 Å². The monoisotopic (exact) mass is 267 g/mol. The van der Waals surface area contributed by atoms with E-state index < -0.39 is 5.41 Å². The highest BCUT2D eigenvalue weighted by Crippen LogP contribution is 2.47. The van der Waals surface area contributed by atoms with Crippen LogP contribution >= 0.6 is 23.6 Å². The van der Waals surface area contributed by atoms with Gasteiger partial charge in [0.1, 0.15) is 0 Å². The predicted octanol–water partition coefficient (Wildman–Crippen LogP) is 2.03. The Morgan fingerprint density at radius 3 is 2.82 bits per heavy atom. The second-order valence-electron chi connectivity index (χ2n) is 4.75. The molecule has 2 saturated carbocycles. The highest BCUT2D eigenvalue weighted by Gasteiger charge is 2.53. The largest absolute Gasteiger partial charge is 0.392 e. The summed E-state index contributed by atoms with van der Waals surface area (Å²) in [5.41, 5.74) is 6.11. The first-order valence-electron chi connectivity index (χ1n) is 5.68. The van der Waals surface area contributed by atoms with Crippen molar-refractivity contribution >= 4 is 39.6 Å². The summed E-state index contributed by atoms with van der Waals surface area (Å²) < 4.78 is 0. The van der Waals surface area contributed by atoms with Gasteiger partial charge in [0.2, 0.25) is 5.91 Å². The van der Waals surface area contributed by atoms with Gasteiger partial charge < -0.3 is 11.1 Å². The minimum atomic E-state index is -0.596. The van der Waals surface area contributed by atoms with Gasteiger partial charge in [-0.25, -0.2) is 4.98 Å². The minimum absolute atomic E-state index is 0.0957. The zero-order valence-corrected chi connectivity index (χ0v) is 10.9. The molecule has 1 aromatic heterocycles. The molecular formula is C11H13N3OS2. The van der Waals surface area contributed by atoms with E-state index in [2.05, 4.69) is 10.3 Å². The SMILES string of the molecule is NC(=S)C1(C(=O)Nc2nc(C3CC3)cs2)CC1. The van der Waals surface area contributed by atoms with Crippen LogP contribution in [0.1, 0.15) is 37.3 Å². The first-order valence-corrected chi connectivity index (χ1v) is 6.97. The van der Waals surface area contributed by atoms with Gasteiger partial charge in [-0.15, -0.1) is 11.3 Å². The third-order valence-corrected chi connectivity index (χ3v) is 4.56. The summed E-state index contributed by atoms with van der Waals surface area (Å²) in [5, 5.41) is 5.52. The van der Waals surface area contributed by atoms with Crippen LogP contribution in [0.25, 0.3) is 0 Å². The van der Waals surface area contributed by atoms with Crippen LogP contribution in [0.4, 0.5) is 5.13 Å². The van der Waals surface area contributed by atoms with Crippen LogP contribution in [0.3, 0.4) is 0 Å². The first kappa shape index (κ1) is 11.1. The summed E-state index contributed by atoms with van der Waals surface area (Å²) in [5.74, 6) is 0.518. The number of hydrogen-bond donors (Lipinski definition) is 2. The average molecular weight is 267 g/mol. The van der Waals surface area contributed by atoms with Crippen LogP contribution in [0, 0.1) is 5.41 Å².